The van der Waals surface area contributed by atoms with E-state index in [9.17, 15) is 5.11 Å². The van der Waals surface area contributed by atoms with E-state index < -0.39 is 0 Å². The number of aliphatic hydroxyl groups is 1. The van der Waals surface area contributed by atoms with Crippen LogP contribution in [0.3, 0.4) is 0 Å². The largest absolute Gasteiger partial charge is 0.395 e. The molecule has 68 valence electrons. The molecule has 0 aromatic carbocycles. The Kier molecular flexibility index (Phi) is 2.68. The molecule has 0 amide bonds. The molecular weight excluding hydrogens is 204 g/mol. The Balaban J connectivity index is 2.29. The fraction of sp³-hybridized carbons (Fsp3) is 0.250. The minimum atomic E-state index is -0.0417. The summed E-state index contributed by atoms with van der Waals surface area (Å²) in [5.41, 5.74) is 0. The summed E-state index contributed by atoms with van der Waals surface area (Å²) >= 11 is 3.10. The lowest BCUT2D eigenvalue weighted by atomic mass is 10.2. The van der Waals surface area contributed by atoms with E-state index in [1.165, 1.54) is 0 Å². The quantitative estimate of drug-likeness (QED) is 0.842. The van der Waals surface area contributed by atoms with Crippen LogP contribution in [0.15, 0.2) is 23.2 Å². The van der Waals surface area contributed by atoms with Crippen LogP contribution in [0.2, 0.25) is 0 Å². The van der Waals surface area contributed by atoms with E-state index >= 15 is 0 Å². The molecule has 0 radical (unpaired) electrons. The van der Waals surface area contributed by atoms with Crippen LogP contribution in [0, 0.1) is 0 Å². The van der Waals surface area contributed by atoms with Gasteiger partial charge in [0.15, 0.2) is 0 Å². The maximum Gasteiger partial charge on any atom is 0.105 e. The van der Waals surface area contributed by atoms with Crippen molar-refractivity contribution in [2.75, 3.05) is 6.61 Å². The van der Waals surface area contributed by atoms with Gasteiger partial charge in [0.2, 0.25) is 0 Å². The maximum atomic E-state index is 9.20. The molecule has 0 bridgehead atoms. The Morgan fingerprint density at radius 1 is 1.15 bits per heavy atom. The highest BCUT2D eigenvalue weighted by molar-refractivity contribution is 7.11. The Morgan fingerprint density at radius 2 is 1.69 bits per heavy atom. The van der Waals surface area contributed by atoms with Crippen molar-refractivity contribution in [1.82, 2.24) is 9.97 Å². The third-order valence-electron chi connectivity index (χ3n) is 1.68. The van der Waals surface area contributed by atoms with Crippen molar-refractivity contribution in [1.29, 1.82) is 0 Å². The minimum Gasteiger partial charge on any atom is -0.395 e. The summed E-state index contributed by atoms with van der Waals surface area (Å²) in [4.78, 5) is 8.34. The molecule has 1 N–H and O–H groups in total. The second kappa shape index (κ2) is 3.95. The summed E-state index contributed by atoms with van der Waals surface area (Å²) in [6, 6.07) is 0. The average molecular weight is 212 g/mol. The smallest absolute Gasteiger partial charge is 0.105 e. The number of nitrogens with zero attached hydrogens (tertiary/aromatic N) is 2. The summed E-state index contributed by atoms with van der Waals surface area (Å²) in [5, 5.41) is 14.9. The molecule has 13 heavy (non-hydrogen) atoms. The molecule has 0 aliphatic rings. The Bertz CT molecular complexity index is 310. The Labute approximate surface area is 83.7 Å². The highest BCUT2D eigenvalue weighted by Crippen LogP contribution is 2.26. The molecule has 2 heterocycles. The zero-order valence-corrected chi connectivity index (χ0v) is 8.38. The van der Waals surface area contributed by atoms with Crippen molar-refractivity contribution >= 4 is 22.7 Å². The summed E-state index contributed by atoms with van der Waals surface area (Å²) in [6.07, 6.45) is 3.49. The highest BCUT2D eigenvalue weighted by Gasteiger charge is 2.17. The van der Waals surface area contributed by atoms with Crippen molar-refractivity contribution < 1.29 is 5.11 Å². The monoisotopic (exact) mass is 212 g/mol. The number of hydrogen-bond acceptors (Lipinski definition) is 5. The van der Waals surface area contributed by atoms with Gasteiger partial charge >= 0.3 is 0 Å². The summed E-state index contributed by atoms with van der Waals surface area (Å²) < 4.78 is 0. The molecule has 0 atom stereocenters. The molecule has 2 aromatic heterocycles. The fourth-order valence-electron chi connectivity index (χ4n) is 1.07. The van der Waals surface area contributed by atoms with Crippen LogP contribution >= 0.6 is 22.7 Å². The number of aliphatic hydroxyl groups excluding tert-OH is 1. The van der Waals surface area contributed by atoms with Crippen molar-refractivity contribution in [3.05, 3.63) is 33.2 Å². The topological polar surface area (TPSA) is 46.0 Å². The molecule has 0 saturated carbocycles. The van der Waals surface area contributed by atoms with Crippen molar-refractivity contribution in [2.24, 2.45) is 0 Å². The van der Waals surface area contributed by atoms with Crippen molar-refractivity contribution in [3.63, 3.8) is 0 Å². The average Bonchev–Trinajstić information content (AvgIpc) is 2.76. The molecule has 0 aliphatic heterocycles. The van der Waals surface area contributed by atoms with Gasteiger partial charge in [-0.1, -0.05) is 0 Å². The van der Waals surface area contributed by atoms with Crippen LogP contribution in [-0.2, 0) is 0 Å². The summed E-state index contributed by atoms with van der Waals surface area (Å²) in [5.74, 6) is -0.0417. The van der Waals surface area contributed by atoms with Gasteiger partial charge in [-0.15, -0.1) is 22.7 Å². The van der Waals surface area contributed by atoms with Gasteiger partial charge in [0.25, 0.3) is 0 Å². The zero-order valence-electron chi connectivity index (χ0n) is 6.75. The lowest BCUT2D eigenvalue weighted by Crippen LogP contribution is -2.04. The first-order chi connectivity index (χ1) is 6.42. The van der Waals surface area contributed by atoms with Crippen LogP contribution in [0.1, 0.15) is 15.9 Å². The summed E-state index contributed by atoms with van der Waals surface area (Å²) in [7, 11) is 0. The molecular formula is C8H8N2OS2. The second-order valence-corrected chi connectivity index (χ2v) is 4.33. The molecule has 0 spiro atoms. The van der Waals surface area contributed by atoms with Crippen LogP contribution in [-0.4, -0.2) is 21.7 Å². The van der Waals surface area contributed by atoms with Crippen LogP contribution in [0.4, 0.5) is 0 Å². The number of aromatic nitrogens is 2. The van der Waals surface area contributed by atoms with Gasteiger partial charge < -0.3 is 5.11 Å². The zero-order chi connectivity index (χ0) is 9.10. The van der Waals surface area contributed by atoms with Gasteiger partial charge in [-0.3, -0.25) is 0 Å². The minimum absolute atomic E-state index is 0.0417. The van der Waals surface area contributed by atoms with Gasteiger partial charge in [-0.05, 0) is 0 Å². The third kappa shape index (κ3) is 1.77. The van der Waals surface area contributed by atoms with E-state index in [-0.39, 0.29) is 12.5 Å². The first kappa shape index (κ1) is 8.80. The van der Waals surface area contributed by atoms with Crippen molar-refractivity contribution in [2.45, 2.75) is 5.92 Å². The van der Waals surface area contributed by atoms with E-state index in [0.29, 0.717) is 0 Å². The van der Waals surface area contributed by atoms with E-state index in [0.717, 1.165) is 10.0 Å². The van der Waals surface area contributed by atoms with Gasteiger partial charge in [0.1, 0.15) is 10.0 Å². The molecule has 0 fully saturated rings. The first-order valence-electron chi connectivity index (χ1n) is 3.81. The lowest BCUT2D eigenvalue weighted by Gasteiger charge is -2.06. The van der Waals surface area contributed by atoms with Gasteiger partial charge in [-0.25, -0.2) is 9.97 Å². The standard InChI is InChI=1S/C8H8N2OS2/c11-5-6(7-9-1-3-12-7)8-10-2-4-13-8/h1-4,6,11H,5H2. The van der Waals surface area contributed by atoms with Crippen LogP contribution in [0.5, 0.6) is 0 Å². The molecule has 2 aromatic rings. The Morgan fingerprint density at radius 3 is 2.00 bits per heavy atom. The number of rotatable bonds is 3. The lowest BCUT2D eigenvalue weighted by molar-refractivity contribution is 0.280. The molecule has 0 saturated heterocycles. The number of thiazole rings is 2. The molecule has 5 heteroatoms. The number of hydrogen-bond donors (Lipinski definition) is 1. The van der Waals surface area contributed by atoms with Gasteiger partial charge in [-0.2, -0.15) is 0 Å². The van der Waals surface area contributed by atoms with Crippen LogP contribution < -0.4 is 0 Å². The van der Waals surface area contributed by atoms with Gasteiger partial charge in [0.05, 0.1) is 12.5 Å². The molecule has 0 unspecified atom stereocenters. The Hall–Kier alpha value is -0.780. The molecule has 0 aliphatic carbocycles. The fourth-order valence-corrected chi connectivity index (χ4v) is 2.62. The van der Waals surface area contributed by atoms with E-state index in [1.807, 2.05) is 10.8 Å². The van der Waals surface area contributed by atoms with Gasteiger partial charge in [0, 0.05) is 23.2 Å². The predicted molar refractivity (Wildman–Crippen MR) is 53.2 cm³/mol. The van der Waals surface area contributed by atoms with E-state index in [1.54, 1.807) is 35.1 Å². The summed E-state index contributed by atoms with van der Waals surface area (Å²) in [6.45, 7) is 0.0705. The van der Waals surface area contributed by atoms with E-state index in [4.69, 9.17) is 0 Å². The molecule has 2 rings (SSSR count). The predicted octanol–water partition coefficient (Wildman–Crippen LogP) is 1.72. The van der Waals surface area contributed by atoms with Crippen LogP contribution in [0.25, 0.3) is 0 Å². The third-order valence-corrected chi connectivity index (χ3v) is 3.46. The van der Waals surface area contributed by atoms with Crippen molar-refractivity contribution in [3.8, 4) is 0 Å². The maximum absolute atomic E-state index is 9.20. The first-order valence-corrected chi connectivity index (χ1v) is 5.57. The normalized spacial score (nSPS) is 10.9. The highest BCUT2D eigenvalue weighted by atomic mass is 32.1. The SMILES string of the molecule is OCC(c1nccs1)c1nccs1. The van der Waals surface area contributed by atoms with E-state index in [2.05, 4.69) is 9.97 Å². The molecule has 3 nitrogen and oxygen atoms in total. The second-order valence-electron chi connectivity index (χ2n) is 2.48.